The van der Waals surface area contributed by atoms with Gasteiger partial charge in [0, 0.05) is 98.2 Å². The average Bonchev–Trinajstić information content (AvgIpc) is 4.01. The van der Waals surface area contributed by atoms with Crippen molar-refractivity contribution in [3.05, 3.63) is 58.2 Å². The highest BCUT2D eigenvalue weighted by Crippen LogP contribution is 2.42. The Bertz CT molecular complexity index is 2400. The summed E-state index contributed by atoms with van der Waals surface area (Å²) in [6.45, 7) is 14.0. The van der Waals surface area contributed by atoms with Crippen molar-refractivity contribution in [2.75, 3.05) is 54.5 Å². The lowest BCUT2D eigenvalue weighted by molar-refractivity contribution is -0.189. The molecule has 1 aromatic carbocycles. The van der Waals surface area contributed by atoms with Crippen LogP contribution in [0.1, 0.15) is 89.6 Å². The number of thiazole rings is 1. The van der Waals surface area contributed by atoms with Gasteiger partial charge in [0.05, 0.1) is 34.8 Å². The number of nitrogens with one attached hydrogen (secondary N) is 2. The van der Waals surface area contributed by atoms with E-state index in [9.17, 15) is 24.3 Å². The van der Waals surface area contributed by atoms with Gasteiger partial charge in [0.1, 0.15) is 12.1 Å². The van der Waals surface area contributed by atoms with E-state index in [-0.39, 0.29) is 50.1 Å². The van der Waals surface area contributed by atoms with Gasteiger partial charge in [-0.3, -0.25) is 19.6 Å². The Morgan fingerprint density at radius 1 is 1.12 bits per heavy atom. The molecule has 7 rings (SSSR count). The summed E-state index contributed by atoms with van der Waals surface area (Å²) < 4.78 is 14.1. The number of likely N-dealkylation sites (tertiary alicyclic amines) is 1. The topological polar surface area (TPSA) is 175 Å². The van der Waals surface area contributed by atoms with E-state index in [1.54, 1.807) is 20.4 Å². The number of hydrogen-bond acceptors (Lipinski definition) is 12. The molecule has 4 aromatic rings. The smallest absolute Gasteiger partial charge is 0.355 e. The maximum absolute atomic E-state index is 14.7. The Hall–Kier alpha value is -4.94. The van der Waals surface area contributed by atoms with Gasteiger partial charge in [0.2, 0.25) is 11.6 Å². The second-order valence-electron chi connectivity index (χ2n) is 19.3. The van der Waals surface area contributed by atoms with Crippen LogP contribution in [0, 0.1) is 11.3 Å². The van der Waals surface area contributed by atoms with Crippen LogP contribution in [0.4, 0.5) is 4.79 Å². The minimum Gasteiger partial charge on any atom is -0.462 e. The summed E-state index contributed by atoms with van der Waals surface area (Å²) in [5.74, 6) is -2.24. The van der Waals surface area contributed by atoms with Crippen molar-refractivity contribution in [3.63, 3.8) is 0 Å². The molecule has 6 bridgehead atoms. The van der Waals surface area contributed by atoms with E-state index in [1.807, 2.05) is 65.1 Å². The van der Waals surface area contributed by atoms with Gasteiger partial charge in [-0.05, 0) is 89.4 Å². The number of fused-ring (bicyclic) bond motifs is 6. The van der Waals surface area contributed by atoms with Gasteiger partial charge in [0.15, 0.2) is 0 Å². The minimum absolute atomic E-state index is 0.00886. The minimum atomic E-state index is -2.20. The fraction of sp³-hybridized carbons (Fsp3) is 0.583. The summed E-state index contributed by atoms with van der Waals surface area (Å²) >= 11 is 1.38. The number of esters is 1. The number of aliphatic hydroxyl groups is 1. The number of cyclic esters (lactones) is 1. The average molecular weight is 914 g/mol. The molecule has 2 fully saturated rings. The van der Waals surface area contributed by atoms with Crippen LogP contribution in [0.2, 0.25) is 0 Å². The molecule has 5 atom stereocenters. The van der Waals surface area contributed by atoms with Gasteiger partial charge in [0.25, 0.3) is 5.91 Å². The normalized spacial score (nSPS) is 22.5. The number of aromatic nitrogens is 3. The molecule has 17 heteroatoms. The first kappa shape index (κ1) is 48.0. The molecule has 3 aromatic heterocycles. The lowest BCUT2D eigenvalue weighted by Crippen LogP contribution is -2.67. The molecule has 0 radical (unpaired) electrons. The fourth-order valence-electron chi connectivity index (χ4n) is 9.81. The number of nitrogens with zero attached hydrogens (tertiary/aromatic N) is 7. The van der Waals surface area contributed by atoms with Crippen molar-refractivity contribution < 1.29 is 33.8 Å². The van der Waals surface area contributed by atoms with Crippen LogP contribution < -0.4 is 10.7 Å². The maximum atomic E-state index is 14.7. The Morgan fingerprint density at radius 2 is 1.89 bits per heavy atom. The van der Waals surface area contributed by atoms with E-state index in [1.165, 1.54) is 21.2 Å². The Kier molecular flexibility index (Phi) is 14.4. The second-order valence-corrected chi connectivity index (χ2v) is 20.3. The molecule has 0 aliphatic carbocycles. The number of benzene rings is 1. The quantitative estimate of drug-likeness (QED) is 0.169. The number of carbonyl (C=O) groups excluding carboxylic acids is 4. The third-order valence-corrected chi connectivity index (χ3v) is 13.9. The highest BCUT2D eigenvalue weighted by atomic mass is 32.1. The molecule has 3 aliphatic heterocycles. The van der Waals surface area contributed by atoms with Crippen molar-refractivity contribution in [2.24, 2.45) is 11.3 Å². The molecule has 0 spiro atoms. The van der Waals surface area contributed by atoms with Gasteiger partial charge in [-0.1, -0.05) is 33.8 Å². The summed E-state index contributed by atoms with van der Waals surface area (Å²) in [4.78, 5) is 72.5. The molecule has 0 unspecified atom stereocenters. The van der Waals surface area contributed by atoms with E-state index >= 15 is 0 Å². The van der Waals surface area contributed by atoms with Crippen LogP contribution in [0.15, 0.2) is 41.9 Å². The number of rotatable bonds is 10. The number of amides is 4. The molecule has 352 valence electrons. The summed E-state index contributed by atoms with van der Waals surface area (Å²) in [6.07, 6.45) is 4.08. The second kappa shape index (κ2) is 19.5. The van der Waals surface area contributed by atoms with Gasteiger partial charge in [-0.2, -0.15) is 5.43 Å². The number of likely N-dealkylation sites (N-methyl/N-ethyl adjacent to an activating group) is 2. The SMILES string of the molecule is CCn1c(-c2cccnc2[C@H](C)OC)c2c3cc(ccc31)-c1csc(n1)C[C@H](NC(=O)[C@H](C(C)C)N(C)C(=O)N1CCC[C@@H]1CN(C)C)C(=O)N1CCC[C@@](O)(N1)C(=O)OCC(C)(C)C2. The van der Waals surface area contributed by atoms with Gasteiger partial charge >= 0.3 is 12.0 Å². The van der Waals surface area contributed by atoms with Crippen LogP contribution in [0.25, 0.3) is 33.4 Å². The molecule has 2 saturated heterocycles. The van der Waals surface area contributed by atoms with Crippen molar-refractivity contribution in [1.82, 2.24) is 45.0 Å². The zero-order valence-electron chi connectivity index (χ0n) is 39.6. The lowest BCUT2D eigenvalue weighted by atomic mass is 9.84. The lowest BCUT2D eigenvalue weighted by Gasteiger charge is -2.40. The Balaban J connectivity index is 1.29. The Morgan fingerprint density at radius 3 is 2.60 bits per heavy atom. The highest BCUT2D eigenvalue weighted by Gasteiger charge is 2.46. The van der Waals surface area contributed by atoms with E-state index < -0.39 is 41.0 Å². The summed E-state index contributed by atoms with van der Waals surface area (Å²) in [6, 6.07) is 8.04. The molecular weight excluding hydrogens is 847 g/mol. The molecule has 0 saturated carbocycles. The number of urea groups is 1. The summed E-state index contributed by atoms with van der Waals surface area (Å²) in [5.41, 5.74) is 6.40. The number of aryl methyl sites for hydroxylation is 1. The van der Waals surface area contributed by atoms with Gasteiger partial charge in [-0.15, -0.1) is 11.3 Å². The van der Waals surface area contributed by atoms with Crippen molar-refractivity contribution >= 4 is 46.1 Å². The molecule has 3 aliphatic rings. The predicted molar refractivity (Wildman–Crippen MR) is 251 cm³/mol. The molecule has 16 nitrogen and oxygen atoms in total. The van der Waals surface area contributed by atoms with Crippen LogP contribution in [0.3, 0.4) is 0 Å². The van der Waals surface area contributed by atoms with Crippen LogP contribution >= 0.6 is 11.3 Å². The van der Waals surface area contributed by atoms with Crippen LogP contribution in [0.5, 0.6) is 0 Å². The number of pyridine rings is 1. The molecule has 4 amide bonds. The molecular formula is C48H67N9O7S. The van der Waals surface area contributed by atoms with Crippen LogP contribution in [-0.2, 0) is 43.2 Å². The van der Waals surface area contributed by atoms with E-state index in [2.05, 4.69) is 51.4 Å². The Labute approximate surface area is 386 Å². The summed E-state index contributed by atoms with van der Waals surface area (Å²) in [7, 11) is 7.28. The standard InChI is InChI=1S/C48H67N9O7S/c1-11-55-38-18-17-31-23-34(38)35(42(55)33-16-12-20-49-40(33)30(4)63-10)25-47(5,6)28-64-45(60)48(62)19-14-22-57(52-48)44(59)36(24-39-50-37(31)27-65-39)51-43(58)41(29(2)3)54(9)46(61)56-21-13-15-32(56)26-53(7)8/h12,16-18,20,23,27,29-30,32,36,41,52,62H,11,13-15,19,21-22,24-26,28H2,1-10H3,(H,51,58)/t30-,32+,36-,41-,48-/m0/s1. The maximum Gasteiger partial charge on any atom is 0.355 e. The van der Waals surface area contributed by atoms with Gasteiger partial charge in [-0.25, -0.2) is 14.6 Å². The number of hydrogen-bond donors (Lipinski definition) is 3. The molecule has 6 heterocycles. The third-order valence-electron chi connectivity index (χ3n) is 13.1. The van der Waals surface area contributed by atoms with E-state index in [0.717, 1.165) is 57.5 Å². The largest absolute Gasteiger partial charge is 0.462 e. The van der Waals surface area contributed by atoms with Crippen molar-refractivity contribution in [2.45, 2.75) is 117 Å². The number of carbonyl (C=O) groups is 4. The zero-order valence-corrected chi connectivity index (χ0v) is 40.5. The monoisotopic (exact) mass is 913 g/mol. The zero-order chi connectivity index (χ0) is 47.0. The predicted octanol–water partition coefficient (Wildman–Crippen LogP) is 5.62. The van der Waals surface area contributed by atoms with Crippen molar-refractivity contribution in [1.29, 1.82) is 0 Å². The molecule has 65 heavy (non-hydrogen) atoms. The summed E-state index contributed by atoms with van der Waals surface area (Å²) in [5, 5.41) is 19.7. The van der Waals surface area contributed by atoms with E-state index in [0.29, 0.717) is 37.5 Å². The van der Waals surface area contributed by atoms with Crippen molar-refractivity contribution in [3.8, 4) is 22.5 Å². The highest BCUT2D eigenvalue weighted by molar-refractivity contribution is 7.10. The third kappa shape index (κ3) is 9.94. The fourth-order valence-corrected chi connectivity index (χ4v) is 10.7. The first-order valence-electron chi connectivity index (χ1n) is 22.9. The molecule has 3 N–H and O–H groups in total. The first-order valence-corrected chi connectivity index (χ1v) is 23.8. The van der Waals surface area contributed by atoms with E-state index in [4.69, 9.17) is 19.4 Å². The van der Waals surface area contributed by atoms with Crippen LogP contribution in [-0.4, -0.2) is 142 Å². The number of ether oxygens (including phenoxy) is 2. The number of hydrazine groups is 1. The first-order chi connectivity index (χ1) is 30.9. The number of methoxy groups -OCH3 is 1. The van der Waals surface area contributed by atoms with Gasteiger partial charge < -0.3 is 39.2 Å².